The van der Waals surface area contributed by atoms with Crippen molar-refractivity contribution in [1.29, 1.82) is 0 Å². The van der Waals surface area contributed by atoms with E-state index < -0.39 is 5.97 Å². The second-order valence-corrected chi connectivity index (χ2v) is 8.62. The smallest absolute Gasteiger partial charge is 0.336 e. The third-order valence-corrected chi connectivity index (χ3v) is 6.76. The van der Waals surface area contributed by atoms with Gasteiger partial charge in [0.25, 0.3) is 0 Å². The molecule has 1 aromatic carbocycles. The largest absolute Gasteiger partial charge is 0.493 e. The normalized spacial score (nSPS) is 26.3. The molecule has 3 atom stereocenters. The number of hydrogen-bond acceptors (Lipinski definition) is 4. The van der Waals surface area contributed by atoms with Crippen LogP contribution < -0.4 is 10.4 Å². The number of carboxylic acid groups (broad SMARTS) is 1. The number of benzene rings is 1. The first-order chi connectivity index (χ1) is 13.7. The molecule has 0 saturated heterocycles. The predicted molar refractivity (Wildman–Crippen MR) is 113 cm³/mol. The van der Waals surface area contributed by atoms with Gasteiger partial charge in [0.2, 0.25) is 0 Å². The van der Waals surface area contributed by atoms with Crippen molar-refractivity contribution in [2.45, 2.75) is 53.4 Å². The highest BCUT2D eigenvalue weighted by atomic mass is 16.5. The van der Waals surface area contributed by atoms with Crippen LogP contribution in [0, 0.1) is 17.3 Å². The van der Waals surface area contributed by atoms with Crippen LogP contribution in [-0.2, 0) is 4.79 Å². The monoisotopic (exact) mass is 398 g/mol. The molecule has 0 radical (unpaired) electrons. The highest BCUT2D eigenvalue weighted by molar-refractivity contribution is 5.77. The number of ether oxygens (including phenoxy) is 1. The van der Waals surface area contributed by atoms with Gasteiger partial charge in [-0.1, -0.05) is 31.9 Å². The summed E-state index contributed by atoms with van der Waals surface area (Å²) in [6.45, 7) is 9.33. The van der Waals surface area contributed by atoms with Gasteiger partial charge in [-0.2, -0.15) is 0 Å². The minimum absolute atomic E-state index is 0.153. The van der Waals surface area contributed by atoms with Gasteiger partial charge < -0.3 is 14.3 Å². The molecule has 0 aliphatic heterocycles. The lowest BCUT2D eigenvalue weighted by Gasteiger charge is -2.46. The fraction of sp³-hybridized carbons (Fsp3) is 0.500. The SMILES string of the molecule is CC(CCC(=O)O)=C1CC[C@@H](C)[C@@H](C)[C@@]1(C)COc1ccc2ccc(=O)oc2c1. The molecule has 1 fully saturated rings. The summed E-state index contributed by atoms with van der Waals surface area (Å²) in [4.78, 5) is 22.5. The van der Waals surface area contributed by atoms with Gasteiger partial charge in [0.15, 0.2) is 0 Å². The van der Waals surface area contributed by atoms with Gasteiger partial charge in [-0.15, -0.1) is 0 Å². The molecule has 3 rings (SSSR count). The van der Waals surface area contributed by atoms with Crippen LogP contribution in [0.15, 0.2) is 50.7 Å². The summed E-state index contributed by atoms with van der Waals surface area (Å²) in [7, 11) is 0. The lowest BCUT2D eigenvalue weighted by Crippen LogP contribution is -2.41. The Morgan fingerprint density at radius 2 is 1.97 bits per heavy atom. The number of allylic oxidation sites excluding steroid dienone is 1. The Morgan fingerprint density at radius 3 is 2.69 bits per heavy atom. The van der Waals surface area contributed by atoms with E-state index in [0.29, 0.717) is 36.2 Å². The van der Waals surface area contributed by atoms with Crippen molar-refractivity contribution in [3.63, 3.8) is 0 Å². The maximum Gasteiger partial charge on any atom is 0.336 e. The highest BCUT2D eigenvalue weighted by Crippen LogP contribution is 2.49. The molecule has 1 saturated carbocycles. The number of aliphatic carboxylic acids is 1. The van der Waals surface area contributed by atoms with Crippen molar-refractivity contribution in [2.24, 2.45) is 17.3 Å². The Hall–Kier alpha value is -2.56. The fourth-order valence-corrected chi connectivity index (χ4v) is 4.54. The van der Waals surface area contributed by atoms with E-state index >= 15 is 0 Å². The van der Waals surface area contributed by atoms with Crippen LogP contribution in [0.4, 0.5) is 0 Å². The summed E-state index contributed by atoms with van der Waals surface area (Å²) in [5.74, 6) is 0.873. The van der Waals surface area contributed by atoms with Crippen molar-refractivity contribution in [1.82, 2.24) is 0 Å². The maximum absolute atomic E-state index is 11.5. The molecule has 2 aromatic rings. The average Bonchev–Trinajstić information content (AvgIpc) is 2.68. The molecule has 29 heavy (non-hydrogen) atoms. The Bertz CT molecular complexity index is 986. The van der Waals surface area contributed by atoms with Crippen molar-refractivity contribution in [2.75, 3.05) is 6.61 Å². The summed E-state index contributed by atoms with van der Waals surface area (Å²) in [5.41, 5.74) is 2.46. The summed E-state index contributed by atoms with van der Waals surface area (Å²) >= 11 is 0. The Labute approximate surface area is 171 Å². The molecular weight excluding hydrogens is 368 g/mol. The number of carbonyl (C=O) groups is 1. The zero-order valence-electron chi connectivity index (χ0n) is 17.7. The summed E-state index contributed by atoms with van der Waals surface area (Å²) in [6, 6.07) is 8.69. The lowest BCUT2D eigenvalue weighted by atomic mass is 9.60. The van der Waals surface area contributed by atoms with Crippen LogP contribution in [0.1, 0.15) is 53.4 Å². The standard InChI is InChI=1S/C24H30O5/c1-15-5-10-20(16(2)6-11-22(25)26)24(4,17(15)3)14-28-19-9-7-18-8-12-23(27)29-21(18)13-19/h7-9,12-13,15,17H,5-6,10-11,14H2,1-4H3,(H,25,26)/t15-,17-,24-/m1/s1. The number of fused-ring (bicyclic) bond motifs is 1. The van der Waals surface area contributed by atoms with Crippen LogP contribution in [0.2, 0.25) is 0 Å². The Balaban J connectivity index is 1.87. The molecule has 0 amide bonds. The van der Waals surface area contributed by atoms with E-state index in [2.05, 4.69) is 27.7 Å². The zero-order valence-corrected chi connectivity index (χ0v) is 17.7. The van der Waals surface area contributed by atoms with E-state index in [-0.39, 0.29) is 17.5 Å². The molecule has 1 aliphatic rings. The molecule has 1 heterocycles. The van der Waals surface area contributed by atoms with E-state index in [9.17, 15) is 9.59 Å². The lowest BCUT2D eigenvalue weighted by molar-refractivity contribution is -0.136. The van der Waals surface area contributed by atoms with Gasteiger partial charge in [0.1, 0.15) is 11.3 Å². The van der Waals surface area contributed by atoms with Crippen LogP contribution in [0.25, 0.3) is 11.0 Å². The van der Waals surface area contributed by atoms with Gasteiger partial charge in [-0.25, -0.2) is 4.79 Å². The van der Waals surface area contributed by atoms with Crippen LogP contribution in [0.5, 0.6) is 5.75 Å². The van der Waals surface area contributed by atoms with Crippen molar-refractivity contribution in [3.8, 4) is 5.75 Å². The Morgan fingerprint density at radius 1 is 1.24 bits per heavy atom. The first-order valence-corrected chi connectivity index (χ1v) is 10.3. The Kier molecular flexibility index (Phi) is 6.15. The summed E-state index contributed by atoms with van der Waals surface area (Å²) < 4.78 is 11.5. The van der Waals surface area contributed by atoms with Gasteiger partial charge in [-0.05, 0) is 56.2 Å². The molecule has 5 heteroatoms. The summed E-state index contributed by atoms with van der Waals surface area (Å²) in [6.07, 6.45) is 2.81. The predicted octanol–water partition coefficient (Wildman–Crippen LogP) is 5.43. The maximum atomic E-state index is 11.5. The minimum Gasteiger partial charge on any atom is -0.493 e. The van der Waals surface area contributed by atoms with Gasteiger partial charge in [-0.3, -0.25) is 4.79 Å². The second-order valence-electron chi connectivity index (χ2n) is 8.62. The molecule has 0 spiro atoms. The highest BCUT2D eigenvalue weighted by Gasteiger charge is 2.42. The topological polar surface area (TPSA) is 76.7 Å². The molecule has 1 aliphatic carbocycles. The third kappa shape index (κ3) is 4.55. The first kappa shape index (κ1) is 21.2. The van der Waals surface area contributed by atoms with Gasteiger partial charge in [0.05, 0.1) is 6.61 Å². The quantitative estimate of drug-likeness (QED) is 0.519. The van der Waals surface area contributed by atoms with Gasteiger partial charge in [0, 0.05) is 29.4 Å². The summed E-state index contributed by atoms with van der Waals surface area (Å²) in [5, 5.41) is 9.92. The van der Waals surface area contributed by atoms with Crippen molar-refractivity contribution >= 4 is 16.9 Å². The first-order valence-electron chi connectivity index (χ1n) is 10.3. The van der Waals surface area contributed by atoms with Crippen molar-refractivity contribution < 1.29 is 19.1 Å². The van der Waals surface area contributed by atoms with E-state index in [4.69, 9.17) is 14.3 Å². The zero-order chi connectivity index (χ0) is 21.2. The number of hydrogen-bond donors (Lipinski definition) is 1. The molecule has 0 bridgehead atoms. The van der Waals surface area contributed by atoms with Crippen LogP contribution >= 0.6 is 0 Å². The fourth-order valence-electron chi connectivity index (χ4n) is 4.54. The van der Waals surface area contributed by atoms with E-state index in [0.717, 1.165) is 18.2 Å². The van der Waals surface area contributed by atoms with Crippen LogP contribution in [0.3, 0.4) is 0 Å². The van der Waals surface area contributed by atoms with E-state index in [1.54, 1.807) is 12.1 Å². The number of rotatable bonds is 6. The van der Waals surface area contributed by atoms with Crippen LogP contribution in [-0.4, -0.2) is 17.7 Å². The second kappa shape index (κ2) is 8.44. The molecular formula is C24H30O5. The molecule has 0 unspecified atom stereocenters. The molecule has 1 N–H and O–H groups in total. The molecule has 5 nitrogen and oxygen atoms in total. The van der Waals surface area contributed by atoms with E-state index in [1.165, 1.54) is 17.2 Å². The third-order valence-electron chi connectivity index (χ3n) is 6.76. The van der Waals surface area contributed by atoms with E-state index in [1.807, 2.05) is 12.1 Å². The average molecular weight is 398 g/mol. The number of carboxylic acids is 1. The van der Waals surface area contributed by atoms with Gasteiger partial charge >= 0.3 is 11.6 Å². The minimum atomic E-state index is -0.766. The van der Waals surface area contributed by atoms with Crippen molar-refractivity contribution in [3.05, 3.63) is 51.9 Å². The molecule has 1 aromatic heterocycles. The molecule has 156 valence electrons.